The molecule has 2 heterocycles. The first-order chi connectivity index (χ1) is 13.8. The first-order valence-electron chi connectivity index (χ1n) is 10.1. The average molecular weight is 418 g/mol. The van der Waals surface area contributed by atoms with Gasteiger partial charge in [0, 0.05) is 44.0 Å². The zero-order valence-electron chi connectivity index (χ0n) is 16.7. The fourth-order valence-electron chi connectivity index (χ4n) is 3.26. The summed E-state index contributed by atoms with van der Waals surface area (Å²) in [5.74, 6) is 1.92. The van der Waals surface area contributed by atoms with Crippen LogP contribution in [0.25, 0.3) is 0 Å². The molecule has 0 aliphatic carbocycles. The third kappa shape index (κ3) is 7.45. The zero-order chi connectivity index (χ0) is 19.4. The van der Waals surface area contributed by atoms with Crippen LogP contribution in [0, 0.1) is 0 Å². The molecule has 0 bridgehead atoms. The molecule has 5 nitrogen and oxygen atoms in total. The van der Waals surface area contributed by atoms with Gasteiger partial charge in [0.25, 0.3) is 0 Å². The van der Waals surface area contributed by atoms with Crippen molar-refractivity contribution < 1.29 is 0 Å². The van der Waals surface area contributed by atoms with Crippen LogP contribution in [0.1, 0.15) is 36.8 Å². The standard InChI is InChI=1S/C21H31N5S2/c1-22-20(23-10-5-14-27-21-24-11-15-28-21)25-16-18-6-8-19(9-7-18)17-26-12-3-2-4-13-26/h6-9,11,15H,2-5,10,12-14,16-17H2,1H3,(H2,22,23,25). The Morgan fingerprint density at radius 1 is 1.14 bits per heavy atom. The molecule has 1 saturated heterocycles. The maximum atomic E-state index is 4.32. The number of aliphatic imine (C=N–C) groups is 1. The molecule has 0 unspecified atom stereocenters. The van der Waals surface area contributed by atoms with E-state index in [0.717, 1.165) is 42.1 Å². The van der Waals surface area contributed by atoms with Gasteiger partial charge in [0.15, 0.2) is 5.96 Å². The number of nitrogens with one attached hydrogen (secondary N) is 2. The van der Waals surface area contributed by atoms with Crippen molar-refractivity contribution in [3.8, 4) is 0 Å². The fraction of sp³-hybridized carbons (Fsp3) is 0.524. The molecule has 0 atom stereocenters. The molecule has 1 aliphatic rings. The van der Waals surface area contributed by atoms with Gasteiger partial charge in [-0.25, -0.2) is 4.98 Å². The summed E-state index contributed by atoms with van der Waals surface area (Å²) in [6.07, 6.45) is 7.02. The number of piperidine rings is 1. The van der Waals surface area contributed by atoms with Crippen LogP contribution in [0.15, 0.2) is 45.2 Å². The van der Waals surface area contributed by atoms with E-state index in [1.165, 1.54) is 43.5 Å². The fourth-order valence-corrected chi connectivity index (χ4v) is 4.91. The number of benzene rings is 1. The first-order valence-corrected chi connectivity index (χ1v) is 12.0. The summed E-state index contributed by atoms with van der Waals surface area (Å²) in [5.41, 5.74) is 2.69. The van der Waals surface area contributed by atoms with Gasteiger partial charge < -0.3 is 10.6 Å². The largest absolute Gasteiger partial charge is 0.356 e. The van der Waals surface area contributed by atoms with Gasteiger partial charge in [-0.2, -0.15) is 0 Å². The molecule has 1 aromatic heterocycles. The minimum absolute atomic E-state index is 0.789. The Labute approximate surface area is 177 Å². The lowest BCUT2D eigenvalue weighted by molar-refractivity contribution is 0.221. The molecule has 1 aromatic carbocycles. The highest BCUT2D eigenvalue weighted by atomic mass is 32.2. The minimum Gasteiger partial charge on any atom is -0.356 e. The van der Waals surface area contributed by atoms with E-state index in [0.29, 0.717) is 0 Å². The van der Waals surface area contributed by atoms with Crippen LogP contribution >= 0.6 is 23.1 Å². The minimum atomic E-state index is 0.789. The van der Waals surface area contributed by atoms with Gasteiger partial charge >= 0.3 is 0 Å². The number of likely N-dealkylation sites (tertiary alicyclic amines) is 1. The van der Waals surface area contributed by atoms with Crippen LogP contribution in [0.2, 0.25) is 0 Å². The van der Waals surface area contributed by atoms with E-state index in [1.54, 1.807) is 11.3 Å². The van der Waals surface area contributed by atoms with E-state index < -0.39 is 0 Å². The Hall–Kier alpha value is -1.57. The lowest BCUT2D eigenvalue weighted by atomic mass is 10.1. The van der Waals surface area contributed by atoms with Crippen molar-refractivity contribution >= 4 is 29.1 Å². The maximum absolute atomic E-state index is 4.32. The van der Waals surface area contributed by atoms with E-state index in [1.807, 2.05) is 30.4 Å². The van der Waals surface area contributed by atoms with Crippen LogP contribution in [-0.2, 0) is 13.1 Å². The Morgan fingerprint density at radius 3 is 2.64 bits per heavy atom. The van der Waals surface area contributed by atoms with Gasteiger partial charge in [0.1, 0.15) is 4.34 Å². The van der Waals surface area contributed by atoms with Crippen molar-refractivity contribution in [2.45, 2.75) is 43.1 Å². The molecule has 2 aromatic rings. The summed E-state index contributed by atoms with van der Waals surface area (Å²) < 4.78 is 1.14. The van der Waals surface area contributed by atoms with Crippen molar-refractivity contribution in [1.29, 1.82) is 0 Å². The number of thioether (sulfide) groups is 1. The third-order valence-electron chi connectivity index (χ3n) is 4.81. The van der Waals surface area contributed by atoms with Gasteiger partial charge in [-0.05, 0) is 43.5 Å². The molecule has 3 rings (SSSR count). The van der Waals surface area contributed by atoms with E-state index in [4.69, 9.17) is 0 Å². The summed E-state index contributed by atoms with van der Waals surface area (Å²) in [5, 5.41) is 8.81. The van der Waals surface area contributed by atoms with Crippen LogP contribution in [0.3, 0.4) is 0 Å². The Morgan fingerprint density at radius 2 is 1.93 bits per heavy atom. The molecular formula is C21H31N5S2. The molecular weight excluding hydrogens is 386 g/mol. The second-order valence-corrected chi connectivity index (χ2v) is 9.24. The molecule has 152 valence electrons. The van der Waals surface area contributed by atoms with Crippen molar-refractivity contribution in [3.05, 3.63) is 47.0 Å². The predicted molar refractivity (Wildman–Crippen MR) is 121 cm³/mol. The Kier molecular flexibility index (Phi) is 9.13. The highest BCUT2D eigenvalue weighted by Gasteiger charge is 2.10. The van der Waals surface area contributed by atoms with Gasteiger partial charge in [0.05, 0.1) is 0 Å². The zero-order valence-corrected chi connectivity index (χ0v) is 18.3. The second-order valence-electron chi connectivity index (χ2n) is 7.01. The summed E-state index contributed by atoms with van der Waals surface area (Å²) >= 11 is 3.51. The number of nitrogens with zero attached hydrogens (tertiary/aromatic N) is 3. The van der Waals surface area contributed by atoms with E-state index in [9.17, 15) is 0 Å². The number of hydrogen-bond acceptors (Lipinski definition) is 5. The van der Waals surface area contributed by atoms with Crippen molar-refractivity contribution in [2.24, 2.45) is 4.99 Å². The lowest BCUT2D eigenvalue weighted by Gasteiger charge is -2.26. The second kappa shape index (κ2) is 12.1. The molecule has 7 heteroatoms. The van der Waals surface area contributed by atoms with Gasteiger partial charge in [0.2, 0.25) is 0 Å². The van der Waals surface area contributed by atoms with Crippen LogP contribution < -0.4 is 10.6 Å². The summed E-state index contributed by atoms with van der Waals surface area (Å²) in [6, 6.07) is 8.98. The average Bonchev–Trinajstić information content (AvgIpc) is 3.25. The van der Waals surface area contributed by atoms with Crippen LogP contribution in [-0.4, -0.2) is 48.3 Å². The van der Waals surface area contributed by atoms with E-state index >= 15 is 0 Å². The quantitative estimate of drug-likeness (QED) is 0.280. The number of guanidine groups is 1. The molecule has 1 aliphatic heterocycles. The van der Waals surface area contributed by atoms with E-state index in [-0.39, 0.29) is 0 Å². The van der Waals surface area contributed by atoms with E-state index in [2.05, 4.69) is 49.8 Å². The summed E-state index contributed by atoms with van der Waals surface area (Å²) in [7, 11) is 1.82. The maximum Gasteiger partial charge on any atom is 0.191 e. The molecule has 0 saturated carbocycles. The highest BCUT2D eigenvalue weighted by Crippen LogP contribution is 2.20. The van der Waals surface area contributed by atoms with Gasteiger partial charge in [-0.1, -0.05) is 42.4 Å². The SMILES string of the molecule is CN=C(NCCCSc1nccs1)NCc1ccc(CN2CCCCC2)cc1. The smallest absolute Gasteiger partial charge is 0.191 e. The summed E-state index contributed by atoms with van der Waals surface area (Å²) in [4.78, 5) is 11.2. The molecule has 0 spiro atoms. The number of rotatable bonds is 9. The molecule has 28 heavy (non-hydrogen) atoms. The first kappa shape index (κ1) is 21.1. The van der Waals surface area contributed by atoms with Gasteiger partial charge in [-0.15, -0.1) is 11.3 Å². The monoisotopic (exact) mass is 417 g/mol. The lowest BCUT2D eigenvalue weighted by Crippen LogP contribution is -2.37. The van der Waals surface area contributed by atoms with Crippen molar-refractivity contribution in [2.75, 3.05) is 32.4 Å². The number of hydrogen-bond donors (Lipinski definition) is 2. The Bertz CT molecular complexity index is 694. The van der Waals surface area contributed by atoms with Gasteiger partial charge in [-0.3, -0.25) is 9.89 Å². The Balaban J connectivity index is 1.32. The molecule has 0 amide bonds. The summed E-state index contributed by atoms with van der Waals surface area (Å²) in [6.45, 7) is 5.27. The number of aromatic nitrogens is 1. The van der Waals surface area contributed by atoms with Crippen molar-refractivity contribution in [1.82, 2.24) is 20.5 Å². The van der Waals surface area contributed by atoms with Crippen molar-refractivity contribution in [3.63, 3.8) is 0 Å². The predicted octanol–water partition coefficient (Wildman–Crippen LogP) is 3.98. The highest BCUT2D eigenvalue weighted by molar-refractivity contribution is 8.00. The molecule has 1 fully saturated rings. The molecule has 0 radical (unpaired) electrons. The normalized spacial score (nSPS) is 15.5. The third-order valence-corrected chi connectivity index (χ3v) is 6.86. The van der Waals surface area contributed by atoms with Crippen LogP contribution in [0.5, 0.6) is 0 Å². The van der Waals surface area contributed by atoms with Crippen LogP contribution in [0.4, 0.5) is 0 Å². The topological polar surface area (TPSA) is 52.6 Å². The number of thiazole rings is 1. The molecule has 2 N–H and O–H groups in total.